The SMILES string of the molecule is CN1C[C@@H]2COC[C@H](C1)N(CCCn1cccn1)C2.O=CO. The highest BCUT2D eigenvalue weighted by molar-refractivity contribution is 5.32. The van der Waals surface area contributed by atoms with Crippen LogP contribution in [0.1, 0.15) is 6.42 Å². The standard InChI is InChI=1S/C14H24N4O.CH2O2/c1-16-8-13-9-17(14(10-16)12-19-11-13)5-3-7-18-6-2-4-15-18;2-1-3/h2,4,6,13-14H,3,5,7-12H2,1H3;1H,(H,2,3)/t13-,14-;/m0./s1. The molecule has 0 aromatic carbocycles. The Bertz CT molecular complexity index is 426. The van der Waals surface area contributed by atoms with E-state index in [0.717, 1.165) is 39.3 Å². The van der Waals surface area contributed by atoms with Crippen LogP contribution in [-0.4, -0.2) is 83.6 Å². The number of carbonyl (C=O) groups is 1. The second-order valence-corrected chi connectivity index (χ2v) is 6.00. The lowest BCUT2D eigenvalue weighted by Crippen LogP contribution is -2.43. The second-order valence-electron chi connectivity index (χ2n) is 6.00. The largest absolute Gasteiger partial charge is 0.483 e. The first-order valence-corrected chi connectivity index (χ1v) is 7.78. The summed E-state index contributed by atoms with van der Waals surface area (Å²) in [6, 6.07) is 2.55. The van der Waals surface area contributed by atoms with Gasteiger partial charge in [-0.1, -0.05) is 0 Å². The molecule has 2 aliphatic heterocycles. The number of likely N-dealkylation sites (N-methyl/N-ethyl adjacent to an activating group) is 1. The Labute approximate surface area is 131 Å². The van der Waals surface area contributed by atoms with Crippen LogP contribution in [0.25, 0.3) is 0 Å². The number of rotatable bonds is 4. The van der Waals surface area contributed by atoms with Gasteiger partial charge in [0.25, 0.3) is 6.47 Å². The second kappa shape index (κ2) is 8.87. The van der Waals surface area contributed by atoms with E-state index in [4.69, 9.17) is 14.6 Å². The van der Waals surface area contributed by atoms with Gasteiger partial charge in [0.1, 0.15) is 0 Å². The van der Waals surface area contributed by atoms with Crippen LogP contribution in [0.2, 0.25) is 0 Å². The average Bonchev–Trinajstić information content (AvgIpc) is 2.84. The summed E-state index contributed by atoms with van der Waals surface area (Å²) in [7, 11) is 2.23. The first kappa shape index (κ1) is 16.9. The van der Waals surface area contributed by atoms with Crippen molar-refractivity contribution in [2.24, 2.45) is 5.92 Å². The number of carboxylic acid groups (broad SMARTS) is 1. The van der Waals surface area contributed by atoms with Crippen molar-refractivity contribution in [1.29, 1.82) is 0 Å². The third-order valence-electron chi connectivity index (χ3n) is 4.16. The van der Waals surface area contributed by atoms with E-state index in [0.29, 0.717) is 12.0 Å². The van der Waals surface area contributed by atoms with Crippen LogP contribution in [0.3, 0.4) is 0 Å². The Hall–Kier alpha value is -1.44. The molecule has 0 unspecified atom stereocenters. The summed E-state index contributed by atoms with van der Waals surface area (Å²) in [5.74, 6) is 0.669. The number of ether oxygens (including phenoxy) is 1. The summed E-state index contributed by atoms with van der Waals surface area (Å²) in [5, 5.41) is 11.2. The fraction of sp³-hybridized carbons (Fsp3) is 0.733. The lowest BCUT2D eigenvalue weighted by Gasteiger charge is -2.29. The number of hydrogen-bond acceptors (Lipinski definition) is 5. The molecule has 1 aromatic rings. The molecule has 0 radical (unpaired) electrons. The number of nitrogens with zero attached hydrogens (tertiary/aromatic N) is 4. The Balaban J connectivity index is 0.000000545. The zero-order valence-corrected chi connectivity index (χ0v) is 13.2. The van der Waals surface area contributed by atoms with Gasteiger partial charge in [-0.05, 0) is 19.5 Å². The first-order chi connectivity index (χ1) is 10.7. The Kier molecular flexibility index (Phi) is 6.82. The molecule has 0 saturated carbocycles. The number of hydrogen-bond donors (Lipinski definition) is 1. The molecule has 2 aliphatic rings. The van der Waals surface area contributed by atoms with Crippen molar-refractivity contribution in [3.63, 3.8) is 0 Å². The van der Waals surface area contributed by atoms with Crippen LogP contribution in [0, 0.1) is 5.92 Å². The topological polar surface area (TPSA) is 70.8 Å². The highest BCUT2D eigenvalue weighted by Gasteiger charge is 2.31. The molecular weight excluding hydrogens is 284 g/mol. The Morgan fingerprint density at radius 2 is 2.14 bits per heavy atom. The van der Waals surface area contributed by atoms with E-state index < -0.39 is 0 Å². The van der Waals surface area contributed by atoms with Crippen LogP contribution >= 0.6 is 0 Å². The van der Waals surface area contributed by atoms with Gasteiger partial charge in [-0.2, -0.15) is 5.10 Å². The van der Waals surface area contributed by atoms with E-state index in [-0.39, 0.29) is 6.47 Å². The lowest BCUT2D eigenvalue weighted by atomic mass is 10.1. The van der Waals surface area contributed by atoms with E-state index >= 15 is 0 Å². The summed E-state index contributed by atoms with van der Waals surface area (Å²) in [5.41, 5.74) is 0. The Morgan fingerprint density at radius 3 is 2.86 bits per heavy atom. The molecule has 3 rings (SSSR count). The van der Waals surface area contributed by atoms with Crippen molar-refractivity contribution in [3.05, 3.63) is 18.5 Å². The molecule has 2 saturated heterocycles. The smallest absolute Gasteiger partial charge is 0.290 e. The highest BCUT2D eigenvalue weighted by atomic mass is 16.5. The van der Waals surface area contributed by atoms with E-state index in [9.17, 15) is 0 Å². The van der Waals surface area contributed by atoms with E-state index in [1.807, 2.05) is 23.1 Å². The summed E-state index contributed by atoms with van der Waals surface area (Å²) >= 11 is 0. The third-order valence-corrected chi connectivity index (χ3v) is 4.16. The van der Waals surface area contributed by atoms with Gasteiger partial charge in [0.05, 0.1) is 13.2 Å². The number of fused-ring (bicyclic) bond motifs is 3. The molecule has 3 heterocycles. The van der Waals surface area contributed by atoms with Crippen LogP contribution in [0.5, 0.6) is 0 Å². The van der Waals surface area contributed by atoms with Crippen molar-refractivity contribution in [2.45, 2.75) is 19.0 Å². The van der Waals surface area contributed by atoms with Crippen LogP contribution in [0.4, 0.5) is 0 Å². The minimum atomic E-state index is -0.250. The van der Waals surface area contributed by atoms with Crippen molar-refractivity contribution >= 4 is 6.47 Å². The summed E-state index contributed by atoms with van der Waals surface area (Å²) in [4.78, 5) is 13.5. The van der Waals surface area contributed by atoms with Gasteiger partial charge in [0.15, 0.2) is 0 Å². The third kappa shape index (κ3) is 5.08. The zero-order chi connectivity index (χ0) is 15.8. The molecule has 2 atom stereocenters. The Morgan fingerprint density at radius 1 is 1.32 bits per heavy atom. The molecule has 22 heavy (non-hydrogen) atoms. The molecule has 2 fully saturated rings. The highest BCUT2D eigenvalue weighted by Crippen LogP contribution is 2.18. The van der Waals surface area contributed by atoms with Crippen molar-refractivity contribution < 1.29 is 14.6 Å². The maximum atomic E-state index is 8.36. The molecule has 7 nitrogen and oxygen atoms in total. The van der Waals surface area contributed by atoms with Crippen LogP contribution in [-0.2, 0) is 16.1 Å². The van der Waals surface area contributed by atoms with Gasteiger partial charge in [-0.25, -0.2) is 0 Å². The maximum absolute atomic E-state index is 8.36. The van der Waals surface area contributed by atoms with Gasteiger partial charge in [-0.15, -0.1) is 0 Å². The van der Waals surface area contributed by atoms with Gasteiger partial charge < -0.3 is 14.7 Å². The van der Waals surface area contributed by atoms with Gasteiger partial charge in [0, 0.05) is 57.1 Å². The molecule has 1 aromatic heterocycles. The van der Waals surface area contributed by atoms with E-state index in [2.05, 4.69) is 21.9 Å². The molecular formula is C15H26N4O3. The molecule has 1 N–H and O–H groups in total. The van der Waals surface area contributed by atoms with Crippen molar-refractivity contribution in [2.75, 3.05) is 46.4 Å². The predicted octanol–water partition coefficient (Wildman–Crippen LogP) is 0.236. The van der Waals surface area contributed by atoms with Crippen LogP contribution in [0.15, 0.2) is 18.5 Å². The molecule has 2 bridgehead atoms. The summed E-state index contributed by atoms with van der Waals surface area (Å²) < 4.78 is 7.83. The molecule has 0 amide bonds. The summed E-state index contributed by atoms with van der Waals surface area (Å²) in [6.45, 7) is 7.23. The molecule has 124 valence electrons. The monoisotopic (exact) mass is 310 g/mol. The van der Waals surface area contributed by atoms with E-state index in [1.165, 1.54) is 13.1 Å². The number of aromatic nitrogens is 2. The predicted molar refractivity (Wildman–Crippen MR) is 82.7 cm³/mol. The quantitative estimate of drug-likeness (QED) is 0.803. The maximum Gasteiger partial charge on any atom is 0.290 e. The van der Waals surface area contributed by atoms with Gasteiger partial charge in [0.2, 0.25) is 0 Å². The normalized spacial score (nSPS) is 25.9. The van der Waals surface area contributed by atoms with Crippen molar-refractivity contribution in [3.8, 4) is 0 Å². The van der Waals surface area contributed by atoms with E-state index in [1.54, 1.807) is 0 Å². The zero-order valence-electron chi connectivity index (χ0n) is 13.2. The minimum Gasteiger partial charge on any atom is -0.483 e. The lowest BCUT2D eigenvalue weighted by molar-refractivity contribution is -0.122. The molecule has 7 heteroatoms. The van der Waals surface area contributed by atoms with Crippen LogP contribution < -0.4 is 0 Å². The van der Waals surface area contributed by atoms with Crippen molar-refractivity contribution in [1.82, 2.24) is 19.6 Å². The summed E-state index contributed by atoms with van der Waals surface area (Å²) in [6.07, 6.45) is 5.05. The van der Waals surface area contributed by atoms with Gasteiger partial charge >= 0.3 is 0 Å². The first-order valence-electron chi connectivity index (χ1n) is 7.78. The number of aryl methyl sites for hydroxylation is 1. The van der Waals surface area contributed by atoms with Gasteiger partial charge in [-0.3, -0.25) is 14.4 Å². The fourth-order valence-electron chi connectivity index (χ4n) is 3.31. The average molecular weight is 310 g/mol. The minimum absolute atomic E-state index is 0.250. The fourth-order valence-corrected chi connectivity index (χ4v) is 3.31. The molecule has 0 spiro atoms. The molecule has 0 aliphatic carbocycles.